The van der Waals surface area contributed by atoms with Gasteiger partial charge in [0.05, 0.1) is 11.4 Å². The summed E-state index contributed by atoms with van der Waals surface area (Å²) >= 11 is 7.89. The third-order valence-corrected chi connectivity index (χ3v) is 4.09. The molecule has 0 aliphatic carbocycles. The molecular formula is C13H13ClN2S. The van der Waals surface area contributed by atoms with E-state index in [1.807, 2.05) is 12.2 Å². The van der Waals surface area contributed by atoms with Gasteiger partial charge in [0.25, 0.3) is 0 Å². The second kappa shape index (κ2) is 4.90. The number of aryl methyl sites for hydroxylation is 1. The third-order valence-electron chi connectivity index (χ3n) is 2.64. The Morgan fingerprint density at radius 2 is 2.24 bits per heavy atom. The van der Waals surface area contributed by atoms with E-state index in [-0.39, 0.29) is 6.04 Å². The van der Waals surface area contributed by atoms with Gasteiger partial charge in [-0.1, -0.05) is 36.9 Å². The van der Waals surface area contributed by atoms with Crippen LogP contribution in [0.15, 0.2) is 29.4 Å². The number of rotatable bonds is 3. The minimum atomic E-state index is -0.129. The fraction of sp³-hybridized carbons (Fsp3) is 0.154. The minimum absolute atomic E-state index is 0.129. The predicted molar refractivity (Wildman–Crippen MR) is 77.5 cm³/mol. The summed E-state index contributed by atoms with van der Waals surface area (Å²) in [7, 11) is 0. The van der Waals surface area contributed by atoms with Gasteiger partial charge in [-0.25, -0.2) is 0 Å². The van der Waals surface area contributed by atoms with Crippen LogP contribution in [0.3, 0.4) is 0 Å². The highest BCUT2D eigenvalue weighted by Gasteiger charge is 2.23. The largest absolute Gasteiger partial charge is 0.352 e. The second-order valence-electron chi connectivity index (χ2n) is 3.63. The number of nitrogens with one attached hydrogen (secondary N) is 1. The van der Waals surface area contributed by atoms with Crippen LogP contribution in [0.2, 0.25) is 0 Å². The molecule has 1 aromatic rings. The molecule has 0 saturated carbocycles. The minimum Gasteiger partial charge on any atom is -0.352 e. The summed E-state index contributed by atoms with van der Waals surface area (Å²) < 4.78 is 0. The van der Waals surface area contributed by atoms with Crippen LogP contribution in [0.5, 0.6) is 0 Å². The molecule has 4 heteroatoms. The Bertz CT molecular complexity index is 526. The highest BCUT2D eigenvalue weighted by Crippen LogP contribution is 2.40. The number of aliphatic imine (C=N–C) groups is 1. The van der Waals surface area contributed by atoms with Gasteiger partial charge in [0.15, 0.2) is 0 Å². The lowest BCUT2D eigenvalue weighted by Gasteiger charge is -2.16. The van der Waals surface area contributed by atoms with Crippen LogP contribution in [-0.2, 0) is 0 Å². The van der Waals surface area contributed by atoms with Crippen molar-refractivity contribution in [3.05, 3.63) is 45.3 Å². The summed E-state index contributed by atoms with van der Waals surface area (Å²) in [4.78, 5) is 6.70. The number of hydrogen-bond acceptors (Lipinski definition) is 3. The van der Waals surface area contributed by atoms with Gasteiger partial charge in [-0.15, -0.1) is 11.3 Å². The lowest BCUT2D eigenvalue weighted by molar-refractivity contribution is 0.861. The van der Waals surface area contributed by atoms with E-state index in [9.17, 15) is 0 Å². The van der Waals surface area contributed by atoms with Crippen LogP contribution < -0.4 is 5.32 Å². The first-order valence-electron chi connectivity index (χ1n) is 5.20. The van der Waals surface area contributed by atoms with Crippen molar-refractivity contribution in [1.29, 1.82) is 0 Å². The molecule has 0 fully saturated rings. The van der Waals surface area contributed by atoms with Crippen LogP contribution in [-0.4, -0.2) is 6.34 Å². The summed E-state index contributed by atoms with van der Waals surface area (Å²) in [6.45, 7) is 9.76. The maximum absolute atomic E-state index is 6.20. The fourth-order valence-electron chi connectivity index (χ4n) is 1.90. The van der Waals surface area contributed by atoms with E-state index in [2.05, 4.69) is 30.4 Å². The fourth-order valence-corrected chi connectivity index (χ4v) is 3.17. The topological polar surface area (TPSA) is 24.4 Å². The molecule has 0 bridgehead atoms. The molecule has 1 unspecified atom stereocenters. The Labute approximate surface area is 110 Å². The van der Waals surface area contributed by atoms with E-state index in [0.29, 0.717) is 5.03 Å². The molecule has 0 spiro atoms. The van der Waals surface area contributed by atoms with Gasteiger partial charge in [-0.2, -0.15) is 0 Å². The molecule has 2 rings (SSSR count). The first-order chi connectivity index (χ1) is 8.19. The zero-order valence-corrected chi connectivity index (χ0v) is 11.1. The Balaban J connectivity index is 2.58. The number of nitrogens with zero attached hydrogens (tertiary/aromatic N) is 1. The molecule has 0 aromatic carbocycles. The average Bonchev–Trinajstić information content (AvgIpc) is 2.66. The number of thiophene rings is 1. The standard InChI is InChI=1S/C13H13ClN2S/c1-4-9-11(5-2)17-8(3)12(9)13-10(14)6-15-7-16-13/h4-7,13H,1-2H2,3H3,(H,15,16). The van der Waals surface area contributed by atoms with Crippen LogP contribution in [0.4, 0.5) is 0 Å². The average molecular weight is 265 g/mol. The van der Waals surface area contributed by atoms with E-state index >= 15 is 0 Å². The summed E-state index contributed by atoms with van der Waals surface area (Å²) in [5, 5.41) is 3.57. The van der Waals surface area contributed by atoms with Gasteiger partial charge in [0.1, 0.15) is 6.04 Å². The molecular weight excluding hydrogens is 252 g/mol. The van der Waals surface area contributed by atoms with Gasteiger partial charge in [0, 0.05) is 21.5 Å². The molecule has 0 saturated heterocycles. The van der Waals surface area contributed by atoms with Crippen LogP contribution in [0.1, 0.15) is 26.9 Å². The molecule has 0 radical (unpaired) electrons. The summed E-state index contributed by atoms with van der Waals surface area (Å²) in [6.07, 6.45) is 7.11. The van der Waals surface area contributed by atoms with Gasteiger partial charge < -0.3 is 5.32 Å². The molecule has 88 valence electrons. The molecule has 0 amide bonds. The van der Waals surface area contributed by atoms with Crippen molar-refractivity contribution in [2.75, 3.05) is 0 Å². The Morgan fingerprint density at radius 1 is 1.47 bits per heavy atom. The molecule has 2 heterocycles. The maximum atomic E-state index is 6.20. The first kappa shape index (κ1) is 12.1. The van der Waals surface area contributed by atoms with Gasteiger partial charge in [-0.05, 0) is 12.5 Å². The summed E-state index contributed by atoms with van der Waals surface area (Å²) in [6, 6.07) is -0.129. The van der Waals surface area contributed by atoms with Crippen molar-refractivity contribution in [2.45, 2.75) is 13.0 Å². The highest BCUT2D eigenvalue weighted by molar-refractivity contribution is 7.13. The van der Waals surface area contributed by atoms with Crippen molar-refractivity contribution in [3.8, 4) is 0 Å². The molecule has 2 nitrogen and oxygen atoms in total. The van der Waals surface area contributed by atoms with E-state index in [1.54, 1.807) is 23.9 Å². The number of hydrogen-bond donors (Lipinski definition) is 1. The molecule has 1 aliphatic heterocycles. The Kier molecular flexibility index (Phi) is 3.50. The zero-order chi connectivity index (χ0) is 12.4. The van der Waals surface area contributed by atoms with Crippen LogP contribution >= 0.6 is 22.9 Å². The quantitative estimate of drug-likeness (QED) is 0.874. The molecule has 1 aromatic heterocycles. The van der Waals surface area contributed by atoms with Crippen molar-refractivity contribution < 1.29 is 0 Å². The zero-order valence-electron chi connectivity index (χ0n) is 9.53. The Morgan fingerprint density at radius 3 is 2.82 bits per heavy atom. The van der Waals surface area contributed by atoms with Gasteiger partial charge >= 0.3 is 0 Å². The van der Waals surface area contributed by atoms with Crippen LogP contribution in [0.25, 0.3) is 12.2 Å². The molecule has 1 N–H and O–H groups in total. The smallest absolute Gasteiger partial charge is 0.115 e. The summed E-state index contributed by atoms with van der Waals surface area (Å²) in [5.74, 6) is 0. The normalized spacial score (nSPS) is 18.5. The lowest BCUT2D eigenvalue weighted by Crippen LogP contribution is -2.12. The summed E-state index contributed by atoms with van der Waals surface area (Å²) in [5.41, 5.74) is 2.21. The van der Waals surface area contributed by atoms with Crippen LogP contribution in [0, 0.1) is 6.92 Å². The SMILES string of the molecule is C=Cc1sc(C)c(C2N=CNC=C2Cl)c1C=C. The third kappa shape index (κ3) is 2.08. The Hall–Kier alpha value is -1.32. The van der Waals surface area contributed by atoms with Crippen molar-refractivity contribution >= 4 is 41.4 Å². The lowest BCUT2D eigenvalue weighted by atomic mass is 10.0. The molecule has 1 aliphatic rings. The van der Waals surface area contributed by atoms with E-state index < -0.39 is 0 Å². The van der Waals surface area contributed by atoms with E-state index in [4.69, 9.17) is 11.6 Å². The van der Waals surface area contributed by atoms with E-state index in [0.717, 1.165) is 16.0 Å². The van der Waals surface area contributed by atoms with Crippen molar-refractivity contribution in [2.24, 2.45) is 4.99 Å². The van der Waals surface area contributed by atoms with Gasteiger partial charge in [0.2, 0.25) is 0 Å². The van der Waals surface area contributed by atoms with Crippen molar-refractivity contribution in [3.63, 3.8) is 0 Å². The van der Waals surface area contributed by atoms with Crippen molar-refractivity contribution in [1.82, 2.24) is 5.32 Å². The highest BCUT2D eigenvalue weighted by atomic mass is 35.5. The molecule has 1 atom stereocenters. The second-order valence-corrected chi connectivity index (χ2v) is 5.33. The number of halogens is 1. The monoisotopic (exact) mass is 264 g/mol. The molecule has 17 heavy (non-hydrogen) atoms. The first-order valence-corrected chi connectivity index (χ1v) is 6.40. The van der Waals surface area contributed by atoms with E-state index in [1.165, 1.54) is 4.88 Å². The van der Waals surface area contributed by atoms with Gasteiger partial charge in [-0.3, -0.25) is 4.99 Å². The maximum Gasteiger partial charge on any atom is 0.115 e. The predicted octanol–water partition coefficient (Wildman–Crippen LogP) is 4.10.